The largest absolute Gasteiger partial charge is 0.459 e. The molecular weight excluding hydrogens is 364 g/mol. The van der Waals surface area contributed by atoms with E-state index in [1.54, 1.807) is 0 Å². The van der Waals surface area contributed by atoms with E-state index in [1.807, 2.05) is 63.1 Å². The normalized spacial score (nSPS) is 12.7. The molecule has 0 unspecified atom stereocenters. The number of benzene rings is 1. The van der Waals surface area contributed by atoms with Crippen LogP contribution in [0.4, 0.5) is 0 Å². The van der Waals surface area contributed by atoms with E-state index in [-0.39, 0.29) is 12.3 Å². The number of nitrogens with one attached hydrogen (secondary N) is 1. The van der Waals surface area contributed by atoms with Crippen molar-refractivity contribution in [1.82, 2.24) is 14.5 Å². The Morgan fingerprint density at radius 1 is 1.19 bits per heavy atom. The third-order valence-corrected chi connectivity index (χ3v) is 6.28. The van der Waals surface area contributed by atoms with Crippen molar-refractivity contribution in [2.45, 2.75) is 27.3 Å². The Morgan fingerprint density at radius 2 is 1.89 bits per heavy atom. The minimum absolute atomic E-state index is 0.00204. The average molecular weight is 395 g/mol. The van der Waals surface area contributed by atoms with E-state index in [0.29, 0.717) is 32.1 Å². The minimum atomic E-state index is -3.27. The fraction of sp³-hybridized carbons (Fsp3) is 0.526. The molecular formula is C19H30N4O3S. The number of aliphatic imine (C=N–C) groups is 1. The van der Waals surface area contributed by atoms with Gasteiger partial charge in [-0.3, -0.25) is 4.99 Å². The lowest BCUT2D eigenvalue weighted by molar-refractivity contribution is 0.412. The molecule has 7 nitrogen and oxygen atoms in total. The van der Waals surface area contributed by atoms with E-state index in [1.165, 1.54) is 4.31 Å². The predicted octanol–water partition coefficient (Wildman–Crippen LogP) is 2.50. The first-order valence-corrected chi connectivity index (χ1v) is 11.0. The van der Waals surface area contributed by atoms with Crippen molar-refractivity contribution in [1.29, 1.82) is 0 Å². The molecule has 8 heteroatoms. The van der Waals surface area contributed by atoms with Gasteiger partial charge in [0, 0.05) is 32.1 Å². The van der Waals surface area contributed by atoms with Crippen LogP contribution in [0.1, 0.15) is 26.5 Å². The first-order chi connectivity index (χ1) is 12.9. The van der Waals surface area contributed by atoms with E-state index >= 15 is 0 Å². The fourth-order valence-electron chi connectivity index (χ4n) is 2.91. The number of guanidine groups is 1. The van der Waals surface area contributed by atoms with E-state index < -0.39 is 10.0 Å². The fourth-order valence-corrected chi connectivity index (χ4v) is 4.27. The third-order valence-electron chi connectivity index (χ3n) is 4.28. The highest BCUT2D eigenvalue weighted by molar-refractivity contribution is 7.89. The Balaban J connectivity index is 2.05. The Morgan fingerprint density at radius 3 is 2.52 bits per heavy atom. The van der Waals surface area contributed by atoms with Crippen molar-refractivity contribution in [3.05, 3.63) is 36.1 Å². The van der Waals surface area contributed by atoms with Crippen molar-refractivity contribution < 1.29 is 12.8 Å². The molecule has 1 aromatic carbocycles. The summed E-state index contributed by atoms with van der Waals surface area (Å²) in [7, 11) is -1.36. The van der Waals surface area contributed by atoms with E-state index in [0.717, 1.165) is 16.7 Å². The smallest absolute Gasteiger partial charge is 0.215 e. The summed E-state index contributed by atoms with van der Waals surface area (Å²) in [5.41, 5.74) is 0.855. The lowest BCUT2D eigenvalue weighted by Crippen LogP contribution is -2.39. The maximum Gasteiger partial charge on any atom is 0.215 e. The van der Waals surface area contributed by atoms with E-state index in [4.69, 9.17) is 4.42 Å². The van der Waals surface area contributed by atoms with Gasteiger partial charge in [0.1, 0.15) is 11.3 Å². The second kappa shape index (κ2) is 9.75. The molecule has 0 fully saturated rings. The van der Waals surface area contributed by atoms with Crippen LogP contribution in [0.25, 0.3) is 11.0 Å². The summed E-state index contributed by atoms with van der Waals surface area (Å²) < 4.78 is 31.9. The summed E-state index contributed by atoms with van der Waals surface area (Å²) in [4.78, 5) is 6.42. The first kappa shape index (κ1) is 21.2. The number of nitrogens with zero attached hydrogens (tertiary/aromatic N) is 3. The van der Waals surface area contributed by atoms with Gasteiger partial charge in [-0.1, -0.05) is 32.0 Å². The lowest BCUT2D eigenvalue weighted by atomic mass is 10.2. The molecule has 1 heterocycles. The number of hydrogen-bond acceptors (Lipinski definition) is 4. The van der Waals surface area contributed by atoms with Crippen molar-refractivity contribution in [2.75, 3.05) is 39.0 Å². The average Bonchev–Trinajstić information content (AvgIpc) is 3.03. The van der Waals surface area contributed by atoms with Crippen LogP contribution in [0.15, 0.2) is 39.7 Å². The molecule has 0 aliphatic carbocycles. The second-order valence-electron chi connectivity index (χ2n) is 6.24. The van der Waals surface area contributed by atoms with Gasteiger partial charge >= 0.3 is 0 Å². The van der Waals surface area contributed by atoms with Crippen LogP contribution in [-0.4, -0.2) is 62.6 Å². The van der Waals surface area contributed by atoms with Gasteiger partial charge in [0.05, 0.1) is 18.8 Å². The SMILES string of the molecule is CCNC(=NCCS(=O)(=O)N(CC)CC)N(C)Cc1cc2ccccc2o1. The highest BCUT2D eigenvalue weighted by Crippen LogP contribution is 2.19. The Hall–Kier alpha value is -2.06. The zero-order chi connectivity index (χ0) is 19.9. The predicted molar refractivity (Wildman–Crippen MR) is 110 cm³/mol. The standard InChI is InChI=1S/C19H30N4O3S/c1-5-20-19(21-12-13-27(24,25)23(6-2)7-3)22(4)15-17-14-16-10-8-9-11-18(16)26-17/h8-11,14H,5-7,12-13,15H2,1-4H3,(H,20,21). The van der Waals surface area contributed by atoms with Gasteiger partial charge < -0.3 is 14.6 Å². The zero-order valence-electron chi connectivity index (χ0n) is 16.6. The summed E-state index contributed by atoms with van der Waals surface area (Å²) >= 11 is 0. The number of hydrogen-bond donors (Lipinski definition) is 1. The molecule has 0 atom stereocenters. The van der Waals surface area contributed by atoms with Gasteiger partial charge in [-0.05, 0) is 19.1 Å². The van der Waals surface area contributed by atoms with Crippen LogP contribution in [0.5, 0.6) is 0 Å². The molecule has 0 aliphatic heterocycles. The molecule has 0 spiro atoms. The molecule has 0 bridgehead atoms. The molecule has 0 saturated carbocycles. The van der Waals surface area contributed by atoms with Gasteiger partial charge in [0.2, 0.25) is 10.0 Å². The van der Waals surface area contributed by atoms with Gasteiger partial charge in [0.25, 0.3) is 0 Å². The molecule has 150 valence electrons. The van der Waals surface area contributed by atoms with Crippen molar-refractivity contribution in [3.63, 3.8) is 0 Å². The summed E-state index contributed by atoms with van der Waals surface area (Å²) in [5.74, 6) is 1.50. The molecule has 0 aliphatic rings. The summed E-state index contributed by atoms with van der Waals surface area (Å²) in [6, 6.07) is 9.89. The number of rotatable bonds is 9. The number of furan rings is 1. The summed E-state index contributed by atoms with van der Waals surface area (Å²) in [6.45, 7) is 8.09. The van der Waals surface area contributed by atoms with E-state index in [9.17, 15) is 8.42 Å². The number of para-hydroxylation sites is 1. The molecule has 1 aromatic heterocycles. The highest BCUT2D eigenvalue weighted by atomic mass is 32.2. The second-order valence-corrected chi connectivity index (χ2v) is 8.33. The first-order valence-electron chi connectivity index (χ1n) is 9.36. The molecule has 0 amide bonds. The molecule has 0 radical (unpaired) electrons. The van der Waals surface area contributed by atoms with Gasteiger partial charge in [-0.15, -0.1) is 0 Å². The molecule has 2 aromatic rings. The Kier molecular flexibility index (Phi) is 7.67. The van der Waals surface area contributed by atoms with Crippen LogP contribution in [0.3, 0.4) is 0 Å². The third kappa shape index (κ3) is 5.71. The molecule has 2 rings (SSSR count). The van der Waals surface area contributed by atoms with Crippen molar-refractivity contribution in [2.24, 2.45) is 4.99 Å². The zero-order valence-corrected chi connectivity index (χ0v) is 17.4. The number of fused-ring (bicyclic) bond motifs is 1. The Bertz CT molecular complexity index is 824. The monoisotopic (exact) mass is 394 g/mol. The van der Waals surface area contributed by atoms with Crippen molar-refractivity contribution >= 4 is 27.0 Å². The quantitative estimate of drug-likeness (QED) is 0.522. The van der Waals surface area contributed by atoms with Gasteiger partial charge in [-0.25, -0.2) is 12.7 Å². The van der Waals surface area contributed by atoms with Crippen LogP contribution in [0.2, 0.25) is 0 Å². The molecule has 27 heavy (non-hydrogen) atoms. The van der Waals surface area contributed by atoms with Gasteiger partial charge in [-0.2, -0.15) is 0 Å². The maximum atomic E-state index is 12.3. The highest BCUT2D eigenvalue weighted by Gasteiger charge is 2.18. The van der Waals surface area contributed by atoms with E-state index in [2.05, 4.69) is 10.3 Å². The lowest BCUT2D eigenvalue weighted by Gasteiger charge is -2.21. The van der Waals surface area contributed by atoms with Crippen LogP contribution >= 0.6 is 0 Å². The molecule has 0 saturated heterocycles. The summed E-state index contributed by atoms with van der Waals surface area (Å²) in [5, 5.41) is 4.27. The van der Waals surface area contributed by atoms with Crippen LogP contribution in [-0.2, 0) is 16.6 Å². The number of sulfonamides is 1. The topological polar surface area (TPSA) is 78.2 Å². The molecule has 1 N–H and O–H groups in total. The van der Waals surface area contributed by atoms with Gasteiger partial charge in [0.15, 0.2) is 5.96 Å². The maximum absolute atomic E-state index is 12.3. The Labute approximate surface area is 162 Å². The van der Waals surface area contributed by atoms with Crippen LogP contribution < -0.4 is 5.32 Å². The van der Waals surface area contributed by atoms with Crippen LogP contribution in [0, 0.1) is 0 Å². The van der Waals surface area contributed by atoms with Crippen molar-refractivity contribution in [3.8, 4) is 0 Å². The summed E-state index contributed by atoms with van der Waals surface area (Å²) in [6.07, 6.45) is 0. The minimum Gasteiger partial charge on any atom is -0.459 e.